The summed E-state index contributed by atoms with van der Waals surface area (Å²) in [4.78, 5) is 0.116. The minimum absolute atomic E-state index is 0.116. The third kappa shape index (κ3) is 3.04. The van der Waals surface area contributed by atoms with Crippen LogP contribution in [0.3, 0.4) is 0 Å². The van der Waals surface area contributed by atoms with Crippen LogP contribution >= 0.6 is 31.9 Å². The Labute approximate surface area is 144 Å². The van der Waals surface area contributed by atoms with Crippen LogP contribution in [0.4, 0.5) is 0 Å². The van der Waals surface area contributed by atoms with Gasteiger partial charge in [-0.25, -0.2) is 0 Å². The molecule has 1 atom stereocenters. The maximum absolute atomic E-state index is 5.68. The number of aryl methyl sites for hydroxylation is 3. The number of ether oxygens (including phenoxy) is 1. The summed E-state index contributed by atoms with van der Waals surface area (Å²) >= 11 is 7.57. The molecule has 0 radical (unpaired) electrons. The molecular weight excluding hydrogens is 392 g/mol. The second kappa shape index (κ2) is 6.53. The molecule has 0 spiro atoms. The summed E-state index contributed by atoms with van der Waals surface area (Å²) < 4.78 is 6.80. The van der Waals surface area contributed by atoms with E-state index >= 15 is 0 Å². The molecule has 1 nitrogen and oxygen atoms in total. The van der Waals surface area contributed by atoms with Crippen LogP contribution in [-0.4, -0.2) is 7.11 Å². The molecule has 0 saturated heterocycles. The average Bonchev–Trinajstić information content (AvgIpc) is 2.42. The first-order chi connectivity index (χ1) is 9.88. The van der Waals surface area contributed by atoms with Crippen LogP contribution in [0.1, 0.15) is 38.2 Å². The molecule has 0 amide bonds. The Kier molecular flexibility index (Phi) is 5.15. The number of halogens is 2. The van der Waals surface area contributed by atoms with E-state index < -0.39 is 0 Å². The number of hydrogen-bond acceptors (Lipinski definition) is 1. The molecule has 2 aromatic carbocycles. The molecule has 0 heterocycles. The highest BCUT2D eigenvalue weighted by Crippen LogP contribution is 2.44. The van der Waals surface area contributed by atoms with Gasteiger partial charge in [0.1, 0.15) is 5.75 Å². The van der Waals surface area contributed by atoms with E-state index in [9.17, 15) is 0 Å². The van der Waals surface area contributed by atoms with Gasteiger partial charge in [0.2, 0.25) is 0 Å². The highest BCUT2D eigenvalue weighted by Gasteiger charge is 2.23. The fourth-order valence-electron chi connectivity index (χ4n) is 2.82. The fourth-order valence-corrected chi connectivity index (χ4v) is 4.65. The minimum Gasteiger partial charge on any atom is -0.496 e. The fraction of sp³-hybridized carbons (Fsp3) is 0.333. The lowest BCUT2D eigenvalue weighted by Crippen LogP contribution is -2.05. The van der Waals surface area contributed by atoms with E-state index in [1.54, 1.807) is 7.11 Å². The molecule has 0 N–H and O–H groups in total. The van der Waals surface area contributed by atoms with Crippen LogP contribution in [0.25, 0.3) is 0 Å². The van der Waals surface area contributed by atoms with Gasteiger partial charge in [-0.2, -0.15) is 0 Å². The van der Waals surface area contributed by atoms with Crippen LogP contribution < -0.4 is 4.74 Å². The number of rotatable bonds is 3. The number of methoxy groups -OCH3 is 1. The molecule has 2 aromatic rings. The second-order valence-electron chi connectivity index (χ2n) is 5.42. The Morgan fingerprint density at radius 1 is 0.952 bits per heavy atom. The van der Waals surface area contributed by atoms with Gasteiger partial charge >= 0.3 is 0 Å². The van der Waals surface area contributed by atoms with Gasteiger partial charge in [0, 0.05) is 10.0 Å². The van der Waals surface area contributed by atoms with Crippen molar-refractivity contribution in [2.24, 2.45) is 0 Å². The Morgan fingerprint density at radius 2 is 1.52 bits per heavy atom. The molecule has 0 aliphatic heterocycles. The van der Waals surface area contributed by atoms with Gasteiger partial charge in [0.25, 0.3) is 0 Å². The van der Waals surface area contributed by atoms with Crippen LogP contribution in [0, 0.1) is 27.7 Å². The maximum Gasteiger partial charge on any atom is 0.126 e. The molecule has 0 aliphatic carbocycles. The van der Waals surface area contributed by atoms with Gasteiger partial charge in [0.15, 0.2) is 0 Å². The topological polar surface area (TPSA) is 9.23 Å². The molecule has 0 bridgehead atoms. The normalized spacial score (nSPS) is 12.3. The van der Waals surface area contributed by atoms with Crippen LogP contribution in [-0.2, 0) is 0 Å². The van der Waals surface area contributed by atoms with Crippen LogP contribution in [0.2, 0.25) is 0 Å². The Hall–Kier alpha value is -0.800. The minimum atomic E-state index is 0.116. The highest BCUT2D eigenvalue weighted by atomic mass is 79.9. The first-order valence-corrected chi connectivity index (χ1v) is 8.63. The quantitative estimate of drug-likeness (QED) is 0.548. The molecule has 3 heteroatoms. The van der Waals surface area contributed by atoms with Crippen molar-refractivity contribution in [3.63, 3.8) is 0 Å². The van der Waals surface area contributed by atoms with Crippen molar-refractivity contribution in [2.45, 2.75) is 32.5 Å². The summed E-state index contributed by atoms with van der Waals surface area (Å²) in [5, 5.41) is 0. The molecule has 112 valence electrons. The molecule has 0 saturated carbocycles. The zero-order chi connectivity index (χ0) is 15.7. The molecule has 0 aliphatic rings. The Morgan fingerprint density at radius 3 is 2.05 bits per heavy atom. The van der Waals surface area contributed by atoms with E-state index in [1.807, 2.05) is 0 Å². The summed E-state index contributed by atoms with van der Waals surface area (Å²) in [6, 6.07) is 8.53. The molecule has 0 fully saturated rings. The predicted octanol–water partition coefficient (Wildman–Crippen LogP) is 6.18. The summed E-state index contributed by atoms with van der Waals surface area (Å²) in [6.45, 7) is 8.52. The highest BCUT2D eigenvalue weighted by molar-refractivity contribution is 9.10. The smallest absolute Gasteiger partial charge is 0.126 e. The Balaban J connectivity index is 2.71. The number of alkyl halides is 1. The average molecular weight is 412 g/mol. The zero-order valence-electron chi connectivity index (χ0n) is 13.1. The monoisotopic (exact) mass is 410 g/mol. The van der Waals surface area contributed by atoms with E-state index in [2.05, 4.69) is 83.8 Å². The van der Waals surface area contributed by atoms with Gasteiger partial charge in [-0.05, 0) is 61.6 Å². The van der Waals surface area contributed by atoms with E-state index in [1.165, 1.54) is 27.8 Å². The summed E-state index contributed by atoms with van der Waals surface area (Å²) in [6.07, 6.45) is 0. The molecule has 21 heavy (non-hydrogen) atoms. The molecule has 2 rings (SSSR count). The lowest BCUT2D eigenvalue weighted by Gasteiger charge is -2.23. The first-order valence-electron chi connectivity index (χ1n) is 6.92. The first kappa shape index (κ1) is 16.6. The van der Waals surface area contributed by atoms with Gasteiger partial charge in [-0.15, -0.1) is 0 Å². The lowest BCUT2D eigenvalue weighted by atomic mass is 9.92. The summed E-state index contributed by atoms with van der Waals surface area (Å²) in [7, 11) is 1.74. The largest absolute Gasteiger partial charge is 0.496 e. The maximum atomic E-state index is 5.68. The van der Waals surface area contributed by atoms with Crippen molar-refractivity contribution >= 4 is 31.9 Å². The SMILES string of the molecule is COc1c(C)cc(Br)c(C)c1C(Br)c1c(C)cccc1C. The van der Waals surface area contributed by atoms with E-state index in [0.717, 1.165) is 15.8 Å². The van der Waals surface area contributed by atoms with Crippen LogP contribution in [0.5, 0.6) is 5.75 Å². The van der Waals surface area contributed by atoms with Gasteiger partial charge in [0.05, 0.1) is 11.9 Å². The van der Waals surface area contributed by atoms with Gasteiger partial charge in [-0.3, -0.25) is 0 Å². The number of benzene rings is 2. The van der Waals surface area contributed by atoms with Crippen molar-refractivity contribution in [3.8, 4) is 5.75 Å². The van der Waals surface area contributed by atoms with Crippen molar-refractivity contribution in [1.82, 2.24) is 0 Å². The van der Waals surface area contributed by atoms with Crippen molar-refractivity contribution in [2.75, 3.05) is 7.11 Å². The second-order valence-corrected chi connectivity index (χ2v) is 7.19. The van der Waals surface area contributed by atoms with E-state index in [4.69, 9.17) is 4.74 Å². The van der Waals surface area contributed by atoms with Gasteiger partial charge < -0.3 is 4.74 Å². The standard InChI is InChI=1S/C18H20Br2O/c1-10-7-6-8-11(2)15(10)17(20)16-13(4)14(19)9-12(3)18(16)21-5/h6-9,17H,1-5H3. The third-order valence-electron chi connectivity index (χ3n) is 3.96. The number of hydrogen-bond donors (Lipinski definition) is 0. The summed E-state index contributed by atoms with van der Waals surface area (Å²) in [5.74, 6) is 0.959. The molecule has 0 aromatic heterocycles. The third-order valence-corrected chi connectivity index (χ3v) is 5.70. The van der Waals surface area contributed by atoms with E-state index in [0.29, 0.717) is 0 Å². The molecular formula is C18H20Br2O. The predicted molar refractivity (Wildman–Crippen MR) is 96.9 cm³/mol. The molecule has 1 unspecified atom stereocenters. The lowest BCUT2D eigenvalue weighted by molar-refractivity contribution is 0.406. The zero-order valence-corrected chi connectivity index (χ0v) is 16.2. The van der Waals surface area contributed by atoms with E-state index in [-0.39, 0.29) is 4.83 Å². The van der Waals surface area contributed by atoms with Crippen molar-refractivity contribution in [1.29, 1.82) is 0 Å². The van der Waals surface area contributed by atoms with Crippen LogP contribution in [0.15, 0.2) is 28.7 Å². The Bertz CT molecular complexity index is 657. The van der Waals surface area contributed by atoms with Crippen molar-refractivity contribution in [3.05, 3.63) is 62.1 Å². The van der Waals surface area contributed by atoms with Gasteiger partial charge in [-0.1, -0.05) is 50.1 Å². The van der Waals surface area contributed by atoms with Crippen molar-refractivity contribution < 1.29 is 4.74 Å². The summed E-state index contributed by atoms with van der Waals surface area (Å²) in [5.41, 5.74) is 7.44.